The summed E-state index contributed by atoms with van der Waals surface area (Å²) in [5, 5.41) is 10.0. The Kier molecular flexibility index (Phi) is 3.10. The highest BCUT2D eigenvalue weighted by Gasteiger charge is 2.22. The minimum absolute atomic E-state index is 0.0779. The number of aryl methyl sites for hydroxylation is 1. The van der Waals surface area contributed by atoms with Gasteiger partial charge in [0.15, 0.2) is 10.9 Å². The first-order chi connectivity index (χ1) is 7.18. The zero-order valence-corrected chi connectivity index (χ0v) is 9.59. The van der Waals surface area contributed by atoms with Crippen molar-refractivity contribution in [3.8, 4) is 5.75 Å². The van der Waals surface area contributed by atoms with E-state index in [4.69, 9.17) is 11.6 Å². The van der Waals surface area contributed by atoms with E-state index in [0.717, 1.165) is 18.5 Å². The van der Waals surface area contributed by atoms with Gasteiger partial charge in [0.25, 0.3) is 0 Å². The molecule has 82 valence electrons. The van der Waals surface area contributed by atoms with Gasteiger partial charge in [-0.15, -0.1) is 0 Å². The molecule has 0 radical (unpaired) electrons. The van der Waals surface area contributed by atoms with Crippen LogP contribution in [0.5, 0.6) is 5.75 Å². The van der Waals surface area contributed by atoms with Crippen LogP contribution in [-0.4, -0.2) is 15.1 Å². The highest BCUT2D eigenvalue weighted by Crippen LogP contribution is 2.37. The van der Waals surface area contributed by atoms with Gasteiger partial charge < -0.3 is 5.11 Å². The topological polar surface area (TPSA) is 46.0 Å². The van der Waals surface area contributed by atoms with E-state index in [1.165, 1.54) is 19.3 Å². The lowest BCUT2D eigenvalue weighted by molar-refractivity contribution is 0.403. The van der Waals surface area contributed by atoms with E-state index >= 15 is 0 Å². The third-order valence-electron chi connectivity index (χ3n) is 2.97. The van der Waals surface area contributed by atoms with Crippen LogP contribution in [0.25, 0.3) is 0 Å². The Morgan fingerprint density at radius 2 is 1.87 bits per heavy atom. The fourth-order valence-electron chi connectivity index (χ4n) is 2.21. The van der Waals surface area contributed by atoms with Crippen LogP contribution >= 0.6 is 11.6 Å². The average molecular weight is 227 g/mol. The van der Waals surface area contributed by atoms with E-state index < -0.39 is 0 Å². The van der Waals surface area contributed by atoms with Crippen molar-refractivity contribution in [2.45, 2.75) is 44.9 Å². The molecule has 15 heavy (non-hydrogen) atoms. The highest BCUT2D eigenvalue weighted by molar-refractivity contribution is 6.30. The standard InChI is InChI=1S/C11H15ClN2O/c1-7-13-9(10(15)11(12)14-7)8-5-3-2-4-6-8/h8,15H,2-6H2,1H3. The lowest BCUT2D eigenvalue weighted by Gasteiger charge is -2.22. The molecule has 0 atom stereocenters. The number of hydrogen-bond acceptors (Lipinski definition) is 3. The van der Waals surface area contributed by atoms with Crippen molar-refractivity contribution in [2.24, 2.45) is 0 Å². The minimum atomic E-state index is 0.0779. The summed E-state index contributed by atoms with van der Waals surface area (Å²) in [4.78, 5) is 8.24. The van der Waals surface area contributed by atoms with E-state index in [-0.39, 0.29) is 10.9 Å². The first kappa shape index (κ1) is 10.7. The van der Waals surface area contributed by atoms with Crippen molar-refractivity contribution in [3.63, 3.8) is 0 Å². The Balaban J connectivity index is 2.33. The van der Waals surface area contributed by atoms with Crippen LogP contribution in [0.15, 0.2) is 0 Å². The quantitative estimate of drug-likeness (QED) is 0.748. The van der Waals surface area contributed by atoms with Crippen LogP contribution in [0, 0.1) is 6.92 Å². The average Bonchev–Trinajstić information content (AvgIpc) is 2.24. The zero-order chi connectivity index (χ0) is 10.8. The second-order valence-corrected chi connectivity index (χ2v) is 4.49. The van der Waals surface area contributed by atoms with E-state index in [2.05, 4.69) is 9.97 Å². The first-order valence-electron chi connectivity index (χ1n) is 5.41. The van der Waals surface area contributed by atoms with Crippen molar-refractivity contribution in [2.75, 3.05) is 0 Å². The van der Waals surface area contributed by atoms with Gasteiger partial charge in [0.2, 0.25) is 0 Å². The number of aromatic hydroxyl groups is 1. The van der Waals surface area contributed by atoms with Crippen LogP contribution in [0.2, 0.25) is 5.15 Å². The smallest absolute Gasteiger partial charge is 0.175 e. The lowest BCUT2D eigenvalue weighted by atomic mass is 9.86. The third-order valence-corrected chi connectivity index (χ3v) is 3.24. The summed E-state index contributed by atoms with van der Waals surface area (Å²) in [6, 6.07) is 0. The lowest BCUT2D eigenvalue weighted by Crippen LogP contribution is -2.08. The maximum atomic E-state index is 9.82. The number of rotatable bonds is 1. The fraction of sp³-hybridized carbons (Fsp3) is 0.636. The summed E-state index contributed by atoms with van der Waals surface area (Å²) in [5.41, 5.74) is 0.743. The van der Waals surface area contributed by atoms with Crippen LogP contribution < -0.4 is 0 Å². The summed E-state index contributed by atoms with van der Waals surface area (Å²) in [7, 11) is 0. The Bertz CT molecular complexity index is 362. The Morgan fingerprint density at radius 3 is 2.53 bits per heavy atom. The molecule has 1 heterocycles. The van der Waals surface area contributed by atoms with Gasteiger partial charge in [-0.05, 0) is 19.8 Å². The second kappa shape index (κ2) is 4.35. The largest absolute Gasteiger partial charge is 0.503 e. The zero-order valence-electron chi connectivity index (χ0n) is 8.83. The van der Waals surface area contributed by atoms with E-state index in [0.29, 0.717) is 11.7 Å². The molecule has 1 aromatic rings. The molecular formula is C11H15ClN2O. The van der Waals surface area contributed by atoms with Gasteiger partial charge in [0.05, 0.1) is 5.69 Å². The molecule has 0 unspecified atom stereocenters. The molecule has 0 bridgehead atoms. The van der Waals surface area contributed by atoms with Crippen molar-refractivity contribution in [1.29, 1.82) is 0 Å². The third kappa shape index (κ3) is 2.23. The van der Waals surface area contributed by atoms with Crippen molar-refractivity contribution in [1.82, 2.24) is 9.97 Å². The molecule has 1 aliphatic carbocycles. The molecule has 1 fully saturated rings. The molecule has 3 nitrogen and oxygen atoms in total. The van der Waals surface area contributed by atoms with Crippen LogP contribution in [-0.2, 0) is 0 Å². The summed E-state index contributed by atoms with van der Waals surface area (Å²) >= 11 is 5.84. The van der Waals surface area contributed by atoms with Crippen LogP contribution in [0.3, 0.4) is 0 Å². The van der Waals surface area contributed by atoms with E-state index in [9.17, 15) is 5.11 Å². The SMILES string of the molecule is Cc1nc(Cl)c(O)c(C2CCCCC2)n1. The Morgan fingerprint density at radius 1 is 1.20 bits per heavy atom. The Hall–Kier alpha value is -0.830. The fourth-order valence-corrected chi connectivity index (χ4v) is 2.43. The molecule has 0 aromatic carbocycles. The predicted molar refractivity (Wildman–Crippen MR) is 59.3 cm³/mol. The molecule has 0 aliphatic heterocycles. The normalized spacial score (nSPS) is 18.0. The van der Waals surface area contributed by atoms with Crippen LogP contribution in [0.1, 0.15) is 49.5 Å². The van der Waals surface area contributed by atoms with Gasteiger partial charge in [0.1, 0.15) is 5.82 Å². The van der Waals surface area contributed by atoms with Gasteiger partial charge in [0, 0.05) is 5.92 Å². The molecule has 1 N–H and O–H groups in total. The van der Waals surface area contributed by atoms with Gasteiger partial charge in [-0.2, -0.15) is 0 Å². The van der Waals surface area contributed by atoms with Gasteiger partial charge in [-0.3, -0.25) is 0 Å². The molecule has 2 rings (SSSR count). The summed E-state index contributed by atoms with van der Waals surface area (Å²) in [6.45, 7) is 1.80. The molecular weight excluding hydrogens is 212 g/mol. The molecule has 0 spiro atoms. The first-order valence-corrected chi connectivity index (χ1v) is 5.79. The maximum absolute atomic E-state index is 9.82. The van der Waals surface area contributed by atoms with Crippen LogP contribution in [0.4, 0.5) is 0 Å². The van der Waals surface area contributed by atoms with Gasteiger partial charge in [-0.25, -0.2) is 9.97 Å². The van der Waals surface area contributed by atoms with Gasteiger partial charge >= 0.3 is 0 Å². The number of nitrogens with zero attached hydrogens (tertiary/aromatic N) is 2. The van der Waals surface area contributed by atoms with Gasteiger partial charge in [-0.1, -0.05) is 30.9 Å². The molecule has 1 aliphatic rings. The molecule has 0 saturated heterocycles. The van der Waals surface area contributed by atoms with E-state index in [1.54, 1.807) is 6.92 Å². The minimum Gasteiger partial charge on any atom is -0.503 e. The summed E-state index contributed by atoms with van der Waals surface area (Å²) in [5.74, 6) is 1.07. The van der Waals surface area contributed by atoms with Crippen molar-refractivity contribution < 1.29 is 5.11 Å². The molecule has 4 heteroatoms. The number of aromatic nitrogens is 2. The predicted octanol–water partition coefficient (Wildman–Crippen LogP) is 3.19. The molecule has 1 aromatic heterocycles. The summed E-state index contributed by atoms with van der Waals surface area (Å²) < 4.78 is 0. The monoisotopic (exact) mass is 226 g/mol. The molecule has 1 saturated carbocycles. The second-order valence-electron chi connectivity index (χ2n) is 4.13. The number of hydrogen-bond donors (Lipinski definition) is 1. The van der Waals surface area contributed by atoms with E-state index in [1.807, 2.05) is 0 Å². The molecule has 0 amide bonds. The summed E-state index contributed by atoms with van der Waals surface area (Å²) in [6.07, 6.45) is 5.91. The van der Waals surface area contributed by atoms with Crippen molar-refractivity contribution >= 4 is 11.6 Å². The number of halogens is 1. The highest BCUT2D eigenvalue weighted by atomic mass is 35.5. The Labute approximate surface area is 94.5 Å². The maximum Gasteiger partial charge on any atom is 0.175 e. The van der Waals surface area contributed by atoms with Crippen molar-refractivity contribution in [3.05, 3.63) is 16.7 Å².